The Morgan fingerprint density at radius 3 is 3.21 bits per heavy atom. The van der Waals surface area contributed by atoms with E-state index in [9.17, 15) is 0 Å². The molecule has 0 amide bonds. The quantitative estimate of drug-likeness (QED) is 0.878. The standard InChI is InChI=1S/C11H14BrNO/c1-14-7-8-4-9-2-3-10(12)5-11(9)13-6-8/h2-3,5,8,13H,4,6-7H2,1H3. The Morgan fingerprint density at radius 2 is 2.43 bits per heavy atom. The van der Waals surface area contributed by atoms with E-state index in [2.05, 4.69) is 39.4 Å². The number of hydrogen-bond acceptors (Lipinski definition) is 2. The summed E-state index contributed by atoms with van der Waals surface area (Å²) in [5.41, 5.74) is 2.65. The molecule has 0 fully saturated rings. The Bertz CT molecular complexity index is 327. The second-order valence-corrected chi connectivity index (χ2v) is 4.62. The first-order valence-corrected chi connectivity index (χ1v) is 5.60. The van der Waals surface area contributed by atoms with Gasteiger partial charge in [-0.15, -0.1) is 0 Å². The van der Waals surface area contributed by atoms with Gasteiger partial charge in [-0.05, 0) is 24.1 Å². The summed E-state index contributed by atoms with van der Waals surface area (Å²) < 4.78 is 6.30. The van der Waals surface area contributed by atoms with Gasteiger partial charge in [0, 0.05) is 29.7 Å². The molecule has 1 unspecified atom stereocenters. The van der Waals surface area contributed by atoms with Crippen LogP contribution in [0.2, 0.25) is 0 Å². The minimum atomic E-state index is 0.605. The predicted molar refractivity (Wildman–Crippen MR) is 61.7 cm³/mol. The van der Waals surface area contributed by atoms with E-state index in [1.165, 1.54) is 11.3 Å². The van der Waals surface area contributed by atoms with Crippen molar-refractivity contribution in [2.45, 2.75) is 6.42 Å². The van der Waals surface area contributed by atoms with Gasteiger partial charge in [0.05, 0.1) is 6.61 Å². The number of nitrogens with one attached hydrogen (secondary N) is 1. The maximum atomic E-state index is 5.17. The minimum absolute atomic E-state index is 0.605. The highest BCUT2D eigenvalue weighted by Crippen LogP contribution is 2.27. The second kappa shape index (κ2) is 4.32. The van der Waals surface area contributed by atoms with Gasteiger partial charge in [0.15, 0.2) is 0 Å². The Hall–Kier alpha value is -0.540. The molecule has 2 nitrogen and oxygen atoms in total. The summed E-state index contributed by atoms with van der Waals surface area (Å²) >= 11 is 3.47. The summed E-state index contributed by atoms with van der Waals surface area (Å²) in [6.07, 6.45) is 1.11. The zero-order chi connectivity index (χ0) is 9.97. The summed E-state index contributed by atoms with van der Waals surface area (Å²) in [5, 5.41) is 3.43. The third-order valence-corrected chi connectivity index (χ3v) is 3.06. The van der Waals surface area contributed by atoms with Crippen molar-refractivity contribution in [3.8, 4) is 0 Å². The average Bonchev–Trinajstić information content (AvgIpc) is 2.19. The van der Waals surface area contributed by atoms with Crippen LogP contribution in [0.4, 0.5) is 5.69 Å². The molecular formula is C11H14BrNO. The molecule has 76 valence electrons. The molecule has 0 bridgehead atoms. The van der Waals surface area contributed by atoms with Crippen LogP contribution in [0.5, 0.6) is 0 Å². The molecule has 2 rings (SSSR count). The molecule has 0 aliphatic carbocycles. The van der Waals surface area contributed by atoms with Crippen molar-refractivity contribution in [3.63, 3.8) is 0 Å². The molecule has 1 heterocycles. The Kier molecular flexibility index (Phi) is 3.08. The molecule has 14 heavy (non-hydrogen) atoms. The molecule has 3 heteroatoms. The summed E-state index contributed by atoms with van der Waals surface area (Å²) in [6.45, 7) is 1.85. The third-order valence-electron chi connectivity index (χ3n) is 2.56. The smallest absolute Gasteiger partial charge is 0.0510 e. The van der Waals surface area contributed by atoms with Gasteiger partial charge in [-0.3, -0.25) is 0 Å². The molecule has 0 aromatic heterocycles. The highest BCUT2D eigenvalue weighted by Gasteiger charge is 2.17. The van der Waals surface area contributed by atoms with E-state index in [1.807, 2.05) is 0 Å². The number of hydrogen-bond donors (Lipinski definition) is 1. The molecule has 0 radical (unpaired) electrons. The first-order valence-electron chi connectivity index (χ1n) is 4.81. The fourth-order valence-corrected chi connectivity index (χ4v) is 2.24. The monoisotopic (exact) mass is 255 g/mol. The molecule has 1 aromatic rings. The van der Waals surface area contributed by atoms with Gasteiger partial charge in [-0.1, -0.05) is 22.0 Å². The van der Waals surface area contributed by atoms with Gasteiger partial charge in [-0.2, -0.15) is 0 Å². The van der Waals surface area contributed by atoms with Crippen molar-refractivity contribution in [2.75, 3.05) is 25.6 Å². The van der Waals surface area contributed by atoms with Crippen molar-refractivity contribution in [3.05, 3.63) is 28.2 Å². The van der Waals surface area contributed by atoms with E-state index in [-0.39, 0.29) is 0 Å². The normalized spacial score (nSPS) is 20.0. The average molecular weight is 256 g/mol. The number of ether oxygens (including phenoxy) is 1. The largest absolute Gasteiger partial charge is 0.384 e. The van der Waals surface area contributed by atoms with Crippen LogP contribution in [0.15, 0.2) is 22.7 Å². The zero-order valence-corrected chi connectivity index (χ0v) is 9.80. The zero-order valence-electron chi connectivity index (χ0n) is 8.22. The van der Waals surface area contributed by atoms with Crippen LogP contribution in [-0.2, 0) is 11.2 Å². The molecule has 0 spiro atoms. The first-order chi connectivity index (χ1) is 6.79. The number of fused-ring (bicyclic) bond motifs is 1. The fourth-order valence-electron chi connectivity index (χ4n) is 1.88. The number of anilines is 1. The lowest BCUT2D eigenvalue weighted by atomic mass is 9.95. The molecule has 1 aliphatic heterocycles. The predicted octanol–water partition coefficient (Wildman–Crippen LogP) is 2.68. The van der Waals surface area contributed by atoms with Crippen molar-refractivity contribution in [1.82, 2.24) is 0 Å². The molecule has 1 N–H and O–H groups in total. The first kappa shape index (κ1) is 9.99. The van der Waals surface area contributed by atoms with E-state index in [1.54, 1.807) is 7.11 Å². The molecule has 0 saturated carbocycles. The van der Waals surface area contributed by atoms with Gasteiger partial charge < -0.3 is 10.1 Å². The highest BCUT2D eigenvalue weighted by atomic mass is 79.9. The topological polar surface area (TPSA) is 21.3 Å². The van der Waals surface area contributed by atoms with E-state index in [0.717, 1.165) is 24.0 Å². The third kappa shape index (κ3) is 2.10. The van der Waals surface area contributed by atoms with Crippen LogP contribution in [-0.4, -0.2) is 20.3 Å². The van der Waals surface area contributed by atoms with Gasteiger partial charge in [0.25, 0.3) is 0 Å². The number of rotatable bonds is 2. The molecule has 0 saturated heterocycles. The van der Waals surface area contributed by atoms with Crippen LogP contribution >= 0.6 is 15.9 Å². The number of halogens is 1. The van der Waals surface area contributed by atoms with Crippen LogP contribution in [0.3, 0.4) is 0 Å². The van der Waals surface area contributed by atoms with Gasteiger partial charge in [0.1, 0.15) is 0 Å². The molecule has 1 aliphatic rings. The molecule has 1 aromatic carbocycles. The van der Waals surface area contributed by atoms with Crippen molar-refractivity contribution >= 4 is 21.6 Å². The highest BCUT2D eigenvalue weighted by molar-refractivity contribution is 9.10. The van der Waals surface area contributed by atoms with Crippen molar-refractivity contribution in [2.24, 2.45) is 5.92 Å². The van der Waals surface area contributed by atoms with E-state index in [4.69, 9.17) is 4.74 Å². The van der Waals surface area contributed by atoms with Crippen LogP contribution in [0, 0.1) is 5.92 Å². The Balaban J connectivity index is 2.15. The Morgan fingerprint density at radius 1 is 1.57 bits per heavy atom. The maximum absolute atomic E-state index is 5.17. The van der Waals surface area contributed by atoms with Gasteiger partial charge in [-0.25, -0.2) is 0 Å². The van der Waals surface area contributed by atoms with Crippen LogP contribution in [0.25, 0.3) is 0 Å². The lowest BCUT2D eigenvalue weighted by Crippen LogP contribution is -2.26. The molecular weight excluding hydrogens is 242 g/mol. The Labute approximate surface area is 92.8 Å². The van der Waals surface area contributed by atoms with Crippen LogP contribution in [0.1, 0.15) is 5.56 Å². The van der Waals surface area contributed by atoms with Crippen molar-refractivity contribution in [1.29, 1.82) is 0 Å². The maximum Gasteiger partial charge on any atom is 0.0510 e. The summed E-state index contributed by atoms with van der Waals surface area (Å²) in [6, 6.07) is 6.41. The SMILES string of the molecule is COCC1CNc2cc(Br)ccc2C1. The second-order valence-electron chi connectivity index (χ2n) is 3.71. The van der Waals surface area contributed by atoms with Crippen molar-refractivity contribution < 1.29 is 4.74 Å². The summed E-state index contributed by atoms with van der Waals surface area (Å²) in [5.74, 6) is 0.605. The van der Waals surface area contributed by atoms with Gasteiger partial charge >= 0.3 is 0 Å². The van der Waals surface area contributed by atoms with E-state index >= 15 is 0 Å². The minimum Gasteiger partial charge on any atom is -0.384 e. The number of methoxy groups -OCH3 is 1. The summed E-state index contributed by atoms with van der Waals surface area (Å²) in [7, 11) is 1.76. The lowest BCUT2D eigenvalue weighted by Gasteiger charge is -2.25. The van der Waals surface area contributed by atoms with E-state index in [0.29, 0.717) is 5.92 Å². The van der Waals surface area contributed by atoms with Crippen LogP contribution < -0.4 is 5.32 Å². The van der Waals surface area contributed by atoms with E-state index < -0.39 is 0 Å². The number of benzene rings is 1. The van der Waals surface area contributed by atoms with Gasteiger partial charge in [0.2, 0.25) is 0 Å². The lowest BCUT2D eigenvalue weighted by molar-refractivity contribution is 0.156. The molecule has 1 atom stereocenters. The fraction of sp³-hybridized carbons (Fsp3) is 0.455. The summed E-state index contributed by atoms with van der Waals surface area (Å²) in [4.78, 5) is 0.